The Morgan fingerprint density at radius 1 is 1.09 bits per heavy atom. The molecule has 4 aromatic rings. The van der Waals surface area contributed by atoms with Crippen LogP contribution in [0.3, 0.4) is 0 Å². The van der Waals surface area contributed by atoms with Crippen molar-refractivity contribution in [1.82, 2.24) is 4.57 Å². The monoisotopic (exact) mass is 646 g/mol. The number of carbonyl (C=O) groups is 2. The molecule has 0 saturated heterocycles. The molecule has 0 N–H and O–H groups in total. The number of hydrogen-bond donors (Lipinski definition) is 0. The zero-order valence-electron chi connectivity index (χ0n) is 26.1. The summed E-state index contributed by atoms with van der Waals surface area (Å²) in [4.78, 5) is 42.4. The van der Waals surface area contributed by atoms with Crippen LogP contribution in [0.25, 0.3) is 12.2 Å². The number of nitrogens with zero attached hydrogens (tertiary/aromatic N) is 2. The number of carbonyl (C=O) groups excluding carboxylic acids is 2. The number of thiazole rings is 1. The smallest absolute Gasteiger partial charge is 0.269 e. The average molecular weight is 647 g/mol. The van der Waals surface area contributed by atoms with Crippen molar-refractivity contribution in [2.24, 2.45) is 5.41 Å². The molecule has 0 radical (unpaired) electrons. The first-order chi connectivity index (χ1) is 21.3. The number of fused-ring (bicyclic) bond motifs is 1. The van der Waals surface area contributed by atoms with Gasteiger partial charge in [0.2, 0.25) is 5.91 Å². The number of Topliss-reactive ketones (excluding diaryl/α,β-unsaturated/α-hetero) is 1. The fraction of sp³-hybridized carbons (Fsp3) is 0.306. The van der Waals surface area contributed by atoms with Crippen molar-refractivity contribution >= 4 is 52.5 Å². The number of aryl methyl sites for hydroxylation is 3. The van der Waals surface area contributed by atoms with E-state index in [0.717, 1.165) is 46.6 Å². The first kappa shape index (κ1) is 32.4. The van der Waals surface area contributed by atoms with Crippen LogP contribution in [0.4, 0.5) is 10.1 Å². The van der Waals surface area contributed by atoms with E-state index in [0.29, 0.717) is 39.7 Å². The van der Waals surface area contributed by atoms with Gasteiger partial charge in [-0.2, -0.15) is 0 Å². The highest BCUT2D eigenvalue weighted by Gasteiger charge is 2.25. The van der Waals surface area contributed by atoms with E-state index >= 15 is 0 Å². The Bertz CT molecular complexity index is 1970. The number of ether oxygens (including phenoxy) is 1. The average Bonchev–Trinajstić information content (AvgIpc) is 3.27. The molecule has 45 heavy (non-hydrogen) atoms. The molecule has 9 heteroatoms. The lowest BCUT2D eigenvalue weighted by Gasteiger charge is -2.30. The number of halogens is 2. The molecule has 0 fully saturated rings. The maximum Gasteiger partial charge on any atom is 0.269 e. The first-order valence-electron chi connectivity index (χ1n) is 15.0. The molecule has 1 aliphatic heterocycles. The van der Waals surface area contributed by atoms with Crippen LogP contribution < -0.4 is 24.4 Å². The third-order valence-electron chi connectivity index (χ3n) is 7.76. The number of aromatic nitrogens is 1. The summed E-state index contributed by atoms with van der Waals surface area (Å²) in [5.74, 6) is -0.0613. The van der Waals surface area contributed by atoms with Crippen molar-refractivity contribution in [3.05, 3.63) is 107 Å². The van der Waals surface area contributed by atoms with Crippen molar-refractivity contribution in [3.8, 4) is 11.5 Å². The second-order valence-electron chi connectivity index (χ2n) is 12.3. The van der Waals surface area contributed by atoms with Gasteiger partial charge in [0.15, 0.2) is 5.78 Å². The van der Waals surface area contributed by atoms with Crippen LogP contribution in [0.5, 0.6) is 11.5 Å². The zero-order valence-corrected chi connectivity index (χ0v) is 27.7. The van der Waals surface area contributed by atoms with Crippen molar-refractivity contribution in [2.75, 3.05) is 11.4 Å². The van der Waals surface area contributed by atoms with E-state index in [1.807, 2.05) is 32.0 Å². The highest BCUT2D eigenvalue weighted by molar-refractivity contribution is 7.07. The number of anilines is 1. The molecule has 0 atom stereocenters. The Morgan fingerprint density at radius 2 is 1.87 bits per heavy atom. The lowest BCUT2D eigenvalue weighted by molar-refractivity contribution is -0.120. The van der Waals surface area contributed by atoms with Gasteiger partial charge in [-0.3, -0.25) is 19.0 Å². The van der Waals surface area contributed by atoms with Crippen LogP contribution in [0.2, 0.25) is 5.02 Å². The van der Waals surface area contributed by atoms with E-state index in [1.54, 1.807) is 43.9 Å². The van der Waals surface area contributed by atoms with Gasteiger partial charge < -0.3 is 9.64 Å². The molecule has 0 bridgehead atoms. The summed E-state index contributed by atoms with van der Waals surface area (Å²) in [6, 6.07) is 15.4. The standard InChI is InChI=1S/C36H36ClFN2O4S/c1-6-23-18-27(11-12-28(23)37)44-30-14-10-26(38)17-25(30)19-31-35(43)40(34(45-31)20-32(41)36(3,4)5)21-33(42)39-15-7-8-24-16-22(2)9-13-29(24)39/h9-14,16-20H,6-8,15,21H2,1-5H3/b31-19-,34-20+. The summed E-state index contributed by atoms with van der Waals surface area (Å²) >= 11 is 7.36. The van der Waals surface area contributed by atoms with Gasteiger partial charge in [-0.25, -0.2) is 4.39 Å². The molecule has 5 rings (SSSR count). The highest BCUT2D eigenvalue weighted by atomic mass is 35.5. The minimum atomic E-state index is -0.693. The van der Waals surface area contributed by atoms with Crippen LogP contribution in [-0.4, -0.2) is 22.8 Å². The fourth-order valence-corrected chi connectivity index (χ4v) is 6.49. The third-order valence-corrected chi connectivity index (χ3v) is 9.19. The van der Waals surface area contributed by atoms with Gasteiger partial charge in [0.05, 0.1) is 4.53 Å². The maximum absolute atomic E-state index is 14.5. The van der Waals surface area contributed by atoms with Crippen molar-refractivity contribution < 1.29 is 18.7 Å². The number of benzene rings is 3. The lowest BCUT2D eigenvalue weighted by atomic mass is 9.91. The van der Waals surface area contributed by atoms with Crippen LogP contribution >= 0.6 is 22.9 Å². The zero-order chi connectivity index (χ0) is 32.5. The second kappa shape index (κ2) is 13.2. The number of ketones is 1. The first-order valence-corrected chi connectivity index (χ1v) is 16.2. The van der Waals surface area contributed by atoms with Crippen LogP contribution in [0.1, 0.15) is 56.4 Å². The van der Waals surface area contributed by atoms with E-state index in [1.165, 1.54) is 28.8 Å². The predicted molar refractivity (Wildman–Crippen MR) is 179 cm³/mol. The van der Waals surface area contributed by atoms with Crippen LogP contribution in [0.15, 0.2) is 59.4 Å². The molecule has 2 heterocycles. The minimum Gasteiger partial charge on any atom is -0.457 e. The molecule has 0 spiro atoms. The Kier molecular flexibility index (Phi) is 9.46. The Morgan fingerprint density at radius 3 is 2.60 bits per heavy atom. The molecule has 0 aliphatic carbocycles. The molecule has 0 saturated carbocycles. The quantitative estimate of drug-likeness (QED) is 0.228. The van der Waals surface area contributed by atoms with Gasteiger partial charge in [-0.15, -0.1) is 11.3 Å². The van der Waals surface area contributed by atoms with E-state index in [9.17, 15) is 18.8 Å². The molecule has 234 valence electrons. The SMILES string of the molecule is CCc1cc(Oc2ccc(F)cc2/C=c2\s/c(=C/C(=O)C(C)(C)C)n(CC(=O)N3CCCc4cc(C)ccc43)c2=O)ccc1Cl. The van der Waals surface area contributed by atoms with Crippen molar-refractivity contribution in [1.29, 1.82) is 0 Å². The van der Waals surface area contributed by atoms with Crippen molar-refractivity contribution in [2.45, 2.75) is 60.4 Å². The fourth-order valence-electron chi connectivity index (χ4n) is 5.21. The van der Waals surface area contributed by atoms with E-state index in [2.05, 4.69) is 6.07 Å². The van der Waals surface area contributed by atoms with Gasteiger partial charge >= 0.3 is 0 Å². The van der Waals surface area contributed by atoms with E-state index < -0.39 is 16.8 Å². The summed E-state index contributed by atoms with van der Waals surface area (Å²) in [6.45, 7) is 9.69. The summed E-state index contributed by atoms with van der Waals surface area (Å²) in [7, 11) is 0. The van der Waals surface area contributed by atoms with Crippen LogP contribution in [-0.2, 0) is 29.0 Å². The molecular formula is C36H36ClFN2O4S. The van der Waals surface area contributed by atoms with E-state index in [4.69, 9.17) is 16.3 Å². The highest BCUT2D eigenvalue weighted by Crippen LogP contribution is 2.30. The number of hydrogen-bond acceptors (Lipinski definition) is 5. The number of amides is 1. The Hall–Kier alpha value is -4.01. The molecule has 1 amide bonds. The van der Waals surface area contributed by atoms with E-state index in [-0.39, 0.29) is 22.8 Å². The maximum atomic E-state index is 14.5. The normalized spacial score (nSPS) is 14.1. The van der Waals surface area contributed by atoms with Gasteiger partial charge in [-0.05, 0) is 85.9 Å². The number of rotatable bonds is 7. The van der Waals surface area contributed by atoms with Gasteiger partial charge in [-0.1, -0.05) is 57.0 Å². The molecule has 3 aromatic carbocycles. The molecule has 1 aliphatic rings. The second-order valence-corrected chi connectivity index (χ2v) is 13.7. The Balaban J connectivity index is 1.59. The van der Waals surface area contributed by atoms with Crippen molar-refractivity contribution in [3.63, 3.8) is 0 Å². The molecule has 1 aromatic heterocycles. The van der Waals surface area contributed by atoms with Gasteiger partial charge in [0.1, 0.15) is 28.5 Å². The summed E-state index contributed by atoms with van der Waals surface area (Å²) < 4.78 is 22.6. The molecular weight excluding hydrogens is 611 g/mol. The topological polar surface area (TPSA) is 68.6 Å². The van der Waals surface area contributed by atoms with Crippen LogP contribution in [0, 0.1) is 18.2 Å². The predicted octanol–water partition coefficient (Wildman–Crippen LogP) is 6.57. The Labute approximate surface area is 271 Å². The third kappa shape index (κ3) is 7.29. The van der Waals surface area contributed by atoms with Gasteiger partial charge in [0.25, 0.3) is 5.56 Å². The van der Waals surface area contributed by atoms with Gasteiger partial charge in [0, 0.05) is 34.3 Å². The summed E-state index contributed by atoms with van der Waals surface area (Å²) in [6.07, 6.45) is 5.37. The summed E-state index contributed by atoms with van der Waals surface area (Å²) in [5, 5.41) is 0.626. The molecule has 0 unspecified atom stereocenters. The molecule has 6 nitrogen and oxygen atoms in total. The lowest BCUT2D eigenvalue weighted by Crippen LogP contribution is -2.42. The minimum absolute atomic E-state index is 0.181. The largest absolute Gasteiger partial charge is 0.457 e. The summed E-state index contributed by atoms with van der Waals surface area (Å²) in [5.41, 5.74) is 3.17.